The maximum absolute atomic E-state index is 11.6. The minimum atomic E-state index is -3.08. The summed E-state index contributed by atoms with van der Waals surface area (Å²) in [6, 6.07) is 8.61. The van der Waals surface area contributed by atoms with Crippen LogP contribution in [0.2, 0.25) is 0 Å². The zero-order chi connectivity index (χ0) is 17.9. The Morgan fingerprint density at radius 2 is 1.88 bits per heavy atom. The van der Waals surface area contributed by atoms with Gasteiger partial charge < -0.3 is 9.88 Å². The molecule has 1 fully saturated rings. The van der Waals surface area contributed by atoms with E-state index in [1.165, 1.54) is 0 Å². The van der Waals surface area contributed by atoms with E-state index in [0.717, 1.165) is 49.2 Å². The van der Waals surface area contributed by atoms with E-state index in [2.05, 4.69) is 27.6 Å². The van der Waals surface area contributed by atoms with Crippen molar-refractivity contribution in [3.8, 4) is 0 Å². The topological polar surface area (TPSA) is 76.0 Å². The zero-order valence-electron chi connectivity index (χ0n) is 15.0. The van der Waals surface area contributed by atoms with Crippen molar-refractivity contribution >= 4 is 27.0 Å². The van der Waals surface area contributed by atoms with Crippen LogP contribution in [0.1, 0.15) is 39.5 Å². The van der Waals surface area contributed by atoms with Crippen LogP contribution in [0.15, 0.2) is 24.3 Å². The summed E-state index contributed by atoms with van der Waals surface area (Å²) >= 11 is 0. The lowest BCUT2D eigenvalue weighted by molar-refractivity contribution is 0.336. The monoisotopic (exact) mass is 364 g/mol. The van der Waals surface area contributed by atoms with Crippen molar-refractivity contribution in [1.82, 2.24) is 14.3 Å². The Hall–Kier alpha value is -1.60. The summed E-state index contributed by atoms with van der Waals surface area (Å²) in [4.78, 5) is 4.74. The summed E-state index contributed by atoms with van der Waals surface area (Å²) in [7, 11) is -3.08. The van der Waals surface area contributed by atoms with Gasteiger partial charge in [0.25, 0.3) is 0 Å². The fourth-order valence-electron chi connectivity index (χ4n) is 3.55. The van der Waals surface area contributed by atoms with Gasteiger partial charge in [0.15, 0.2) is 0 Å². The van der Waals surface area contributed by atoms with E-state index in [4.69, 9.17) is 4.98 Å². The number of anilines is 1. The smallest absolute Gasteiger partial charge is 0.211 e. The third kappa shape index (κ3) is 4.33. The van der Waals surface area contributed by atoms with Crippen molar-refractivity contribution in [3.05, 3.63) is 24.3 Å². The van der Waals surface area contributed by atoms with Crippen LogP contribution in [-0.4, -0.2) is 36.3 Å². The molecule has 138 valence electrons. The summed E-state index contributed by atoms with van der Waals surface area (Å²) in [6.07, 6.45) is 4.17. The van der Waals surface area contributed by atoms with Crippen molar-refractivity contribution in [2.75, 3.05) is 17.6 Å². The molecule has 25 heavy (non-hydrogen) atoms. The number of aryl methyl sites for hydroxylation is 1. The Morgan fingerprint density at radius 1 is 1.16 bits per heavy atom. The van der Waals surface area contributed by atoms with Gasteiger partial charge in [-0.05, 0) is 57.6 Å². The molecule has 1 aliphatic carbocycles. The first kappa shape index (κ1) is 18.2. The molecule has 1 aromatic carbocycles. The van der Waals surface area contributed by atoms with Gasteiger partial charge in [-0.15, -0.1) is 0 Å². The molecular formula is C18H28N4O2S. The van der Waals surface area contributed by atoms with E-state index >= 15 is 0 Å². The van der Waals surface area contributed by atoms with Crippen LogP contribution in [-0.2, 0) is 16.6 Å². The second-order valence-electron chi connectivity index (χ2n) is 6.78. The van der Waals surface area contributed by atoms with Gasteiger partial charge in [-0.1, -0.05) is 12.1 Å². The largest absolute Gasteiger partial charge is 0.353 e. The van der Waals surface area contributed by atoms with Crippen molar-refractivity contribution in [3.63, 3.8) is 0 Å². The highest BCUT2D eigenvalue weighted by Gasteiger charge is 2.23. The quantitative estimate of drug-likeness (QED) is 0.792. The molecule has 0 amide bonds. The molecule has 2 N–H and O–H groups in total. The summed E-state index contributed by atoms with van der Waals surface area (Å²) in [5.41, 5.74) is 2.18. The number of nitrogens with one attached hydrogen (secondary N) is 2. The Labute approximate surface area is 150 Å². The summed E-state index contributed by atoms with van der Waals surface area (Å²) < 4.78 is 28.1. The maximum Gasteiger partial charge on any atom is 0.211 e. The first-order valence-corrected chi connectivity index (χ1v) is 10.9. The minimum Gasteiger partial charge on any atom is -0.353 e. The number of aromatic nitrogens is 2. The van der Waals surface area contributed by atoms with E-state index in [1.54, 1.807) is 6.92 Å². The predicted molar refractivity (Wildman–Crippen MR) is 102 cm³/mol. The second-order valence-corrected chi connectivity index (χ2v) is 8.88. The molecule has 0 aliphatic heterocycles. The molecule has 0 unspecified atom stereocenters. The molecular weight excluding hydrogens is 336 g/mol. The van der Waals surface area contributed by atoms with Crippen molar-refractivity contribution in [1.29, 1.82) is 0 Å². The lowest BCUT2D eigenvalue weighted by Gasteiger charge is -2.29. The van der Waals surface area contributed by atoms with E-state index in [9.17, 15) is 8.42 Å². The third-order valence-electron chi connectivity index (χ3n) is 5.12. The Balaban J connectivity index is 1.58. The number of rotatable bonds is 7. The van der Waals surface area contributed by atoms with Gasteiger partial charge in [0, 0.05) is 19.1 Å². The van der Waals surface area contributed by atoms with Crippen molar-refractivity contribution in [2.24, 2.45) is 5.92 Å². The van der Waals surface area contributed by atoms with Gasteiger partial charge in [-0.25, -0.2) is 18.1 Å². The molecule has 0 atom stereocenters. The molecule has 1 aliphatic rings. The van der Waals surface area contributed by atoms with Gasteiger partial charge in [0.05, 0.1) is 16.8 Å². The standard InChI is InChI=1S/C18H28N4O2S/c1-3-22-17-8-6-5-7-16(17)21-18(22)20-15-11-9-14(10-12-15)13-19-25(23,24)4-2/h5-8,14-15,19H,3-4,9-13H2,1-2H3,(H,20,21)/t14-,15-. The summed E-state index contributed by atoms with van der Waals surface area (Å²) in [5.74, 6) is 1.53. The first-order valence-electron chi connectivity index (χ1n) is 9.21. The van der Waals surface area contributed by atoms with Gasteiger partial charge in [0.1, 0.15) is 0 Å². The van der Waals surface area contributed by atoms with Gasteiger partial charge in [0.2, 0.25) is 16.0 Å². The highest BCUT2D eigenvalue weighted by molar-refractivity contribution is 7.89. The van der Waals surface area contributed by atoms with Gasteiger partial charge in [-0.3, -0.25) is 0 Å². The van der Waals surface area contributed by atoms with E-state index < -0.39 is 10.0 Å². The number of fused-ring (bicyclic) bond motifs is 1. The molecule has 7 heteroatoms. The lowest BCUT2D eigenvalue weighted by Crippen LogP contribution is -2.34. The molecule has 6 nitrogen and oxygen atoms in total. The van der Waals surface area contributed by atoms with Crippen molar-refractivity contribution < 1.29 is 8.42 Å². The number of para-hydroxylation sites is 2. The Kier molecular flexibility index (Phi) is 5.64. The average Bonchev–Trinajstić information content (AvgIpc) is 2.98. The molecule has 1 heterocycles. The van der Waals surface area contributed by atoms with Crippen LogP contribution in [0.3, 0.4) is 0 Å². The number of benzene rings is 1. The number of nitrogens with zero attached hydrogens (tertiary/aromatic N) is 2. The Bertz CT molecular complexity index is 808. The summed E-state index contributed by atoms with van der Waals surface area (Å²) in [6.45, 7) is 5.26. The zero-order valence-corrected chi connectivity index (χ0v) is 15.8. The highest BCUT2D eigenvalue weighted by Crippen LogP contribution is 2.27. The number of imidazole rings is 1. The lowest BCUT2D eigenvalue weighted by atomic mass is 9.86. The normalized spacial score (nSPS) is 21.5. The molecule has 0 spiro atoms. The highest BCUT2D eigenvalue weighted by atomic mass is 32.2. The number of sulfonamides is 1. The van der Waals surface area contributed by atoms with Crippen LogP contribution in [0.5, 0.6) is 0 Å². The van der Waals surface area contributed by atoms with Crippen LogP contribution in [0.4, 0.5) is 5.95 Å². The fourth-order valence-corrected chi connectivity index (χ4v) is 4.24. The molecule has 3 rings (SSSR count). The summed E-state index contributed by atoms with van der Waals surface area (Å²) in [5, 5.41) is 3.61. The molecule has 0 radical (unpaired) electrons. The van der Waals surface area contributed by atoms with Gasteiger partial charge in [-0.2, -0.15) is 0 Å². The van der Waals surface area contributed by atoms with Gasteiger partial charge >= 0.3 is 0 Å². The molecule has 0 bridgehead atoms. The predicted octanol–water partition coefficient (Wildman–Crippen LogP) is 2.97. The third-order valence-corrected chi connectivity index (χ3v) is 6.49. The van der Waals surface area contributed by atoms with E-state index in [0.29, 0.717) is 18.5 Å². The van der Waals surface area contributed by atoms with Crippen LogP contribution < -0.4 is 10.0 Å². The van der Waals surface area contributed by atoms with Crippen molar-refractivity contribution in [2.45, 2.75) is 52.1 Å². The van der Waals surface area contributed by atoms with Crippen LogP contribution in [0, 0.1) is 5.92 Å². The second kappa shape index (κ2) is 7.74. The van der Waals surface area contributed by atoms with Crippen LogP contribution in [0.25, 0.3) is 11.0 Å². The maximum atomic E-state index is 11.6. The molecule has 2 aromatic rings. The van der Waals surface area contributed by atoms with Crippen LogP contribution >= 0.6 is 0 Å². The molecule has 1 aromatic heterocycles. The molecule has 1 saturated carbocycles. The van der Waals surface area contributed by atoms with E-state index in [-0.39, 0.29) is 5.75 Å². The fraction of sp³-hybridized carbons (Fsp3) is 0.611. The minimum absolute atomic E-state index is 0.150. The molecule has 0 saturated heterocycles. The van der Waals surface area contributed by atoms with E-state index in [1.807, 2.05) is 18.2 Å². The number of hydrogen-bond donors (Lipinski definition) is 2. The SMILES string of the molecule is CCn1c(N[C@H]2CC[C@H](CNS(=O)(=O)CC)CC2)nc2ccccc21. The first-order chi connectivity index (χ1) is 12.0. The average molecular weight is 365 g/mol. The number of hydrogen-bond acceptors (Lipinski definition) is 4. The Morgan fingerprint density at radius 3 is 2.56 bits per heavy atom.